The molecule has 122 valence electrons. The van der Waals surface area contributed by atoms with Gasteiger partial charge in [0.15, 0.2) is 11.5 Å². The van der Waals surface area contributed by atoms with E-state index in [1.165, 1.54) is 5.56 Å². The summed E-state index contributed by atoms with van der Waals surface area (Å²) in [4.78, 5) is 0. The molecule has 1 aromatic carbocycles. The van der Waals surface area contributed by atoms with Crippen molar-refractivity contribution in [3.8, 4) is 23.8 Å². The fourth-order valence-electron chi connectivity index (χ4n) is 5.85. The molecule has 0 aliphatic heterocycles. The maximum Gasteiger partial charge on any atom is 0.157 e. The molecule has 3 heteroatoms. The number of aliphatic hydroxyl groups is 1. The van der Waals surface area contributed by atoms with Crippen LogP contribution in [0.15, 0.2) is 12.1 Å². The quantitative estimate of drug-likeness (QED) is 0.509. The van der Waals surface area contributed by atoms with E-state index in [0.29, 0.717) is 24.2 Å². The van der Waals surface area contributed by atoms with Crippen molar-refractivity contribution in [3.63, 3.8) is 0 Å². The highest BCUT2D eigenvalue weighted by molar-refractivity contribution is 5.48. The summed E-state index contributed by atoms with van der Waals surface area (Å²) in [6, 6.07) is 3.48. The third kappa shape index (κ3) is 1.82. The number of hydrogen-bond donors (Lipinski definition) is 3. The van der Waals surface area contributed by atoms with Crippen molar-refractivity contribution in [3.05, 3.63) is 23.3 Å². The molecule has 4 rings (SSSR count). The molecule has 0 aromatic heterocycles. The Kier molecular flexibility index (Phi) is 3.03. The zero-order valence-corrected chi connectivity index (χ0v) is 13.5. The van der Waals surface area contributed by atoms with E-state index in [1.54, 1.807) is 12.1 Å². The minimum atomic E-state index is -0.972. The van der Waals surface area contributed by atoms with E-state index in [0.717, 1.165) is 37.7 Å². The van der Waals surface area contributed by atoms with Gasteiger partial charge in [-0.2, -0.15) is 0 Å². The van der Waals surface area contributed by atoms with Crippen LogP contribution in [0.25, 0.3) is 0 Å². The molecule has 0 unspecified atom stereocenters. The highest BCUT2D eigenvalue weighted by Gasteiger charge is 2.61. The lowest BCUT2D eigenvalue weighted by Gasteiger charge is -2.52. The zero-order chi connectivity index (χ0) is 16.4. The molecule has 3 aliphatic rings. The van der Waals surface area contributed by atoms with E-state index < -0.39 is 5.60 Å². The number of fused-ring (bicyclic) bond motifs is 5. The number of hydrogen-bond acceptors (Lipinski definition) is 3. The molecule has 5 atom stereocenters. The molecular formula is C20H24O3. The first-order valence-electron chi connectivity index (χ1n) is 8.64. The van der Waals surface area contributed by atoms with Gasteiger partial charge in [0, 0.05) is 5.41 Å². The highest BCUT2D eigenvalue weighted by Crippen LogP contribution is 2.64. The van der Waals surface area contributed by atoms with E-state index in [-0.39, 0.29) is 16.9 Å². The summed E-state index contributed by atoms with van der Waals surface area (Å²) in [5.41, 5.74) is 1.18. The molecule has 23 heavy (non-hydrogen) atoms. The molecule has 3 nitrogen and oxygen atoms in total. The van der Waals surface area contributed by atoms with E-state index >= 15 is 0 Å². The predicted molar refractivity (Wildman–Crippen MR) is 88.2 cm³/mol. The van der Waals surface area contributed by atoms with Crippen molar-refractivity contribution in [2.75, 3.05) is 0 Å². The number of aryl methyl sites for hydroxylation is 1. The molecule has 1 aromatic rings. The SMILES string of the molecule is C#C[C@]1(O)CC[C@@H]2[C@@H]3CCc4cc(O)c(O)cc4[C@H]3CC[C@]21C. The topological polar surface area (TPSA) is 60.7 Å². The van der Waals surface area contributed by atoms with Gasteiger partial charge in [-0.15, -0.1) is 6.42 Å². The smallest absolute Gasteiger partial charge is 0.157 e. The number of benzene rings is 1. The average molecular weight is 312 g/mol. The molecule has 0 radical (unpaired) electrons. The molecule has 2 saturated carbocycles. The first-order chi connectivity index (χ1) is 10.9. The number of aromatic hydroxyl groups is 2. The van der Waals surface area contributed by atoms with Crippen molar-refractivity contribution in [2.24, 2.45) is 17.3 Å². The van der Waals surface area contributed by atoms with Gasteiger partial charge in [0.1, 0.15) is 5.60 Å². The van der Waals surface area contributed by atoms with Crippen LogP contribution in [0.2, 0.25) is 0 Å². The Hall–Kier alpha value is -1.66. The first-order valence-corrected chi connectivity index (χ1v) is 8.64. The van der Waals surface area contributed by atoms with Crippen LogP contribution in [0.4, 0.5) is 0 Å². The van der Waals surface area contributed by atoms with Crippen LogP contribution in [0, 0.1) is 29.6 Å². The van der Waals surface area contributed by atoms with E-state index in [2.05, 4.69) is 12.8 Å². The van der Waals surface area contributed by atoms with E-state index in [9.17, 15) is 15.3 Å². The Morgan fingerprint density at radius 3 is 2.61 bits per heavy atom. The van der Waals surface area contributed by atoms with Crippen LogP contribution in [0.3, 0.4) is 0 Å². The molecule has 0 spiro atoms. The van der Waals surface area contributed by atoms with Crippen molar-refractivity contribution in [2.45, 2.75) is 57.0 Å². The van der Waals surface area contributed by atoms with Gasteiger partial charge in [0.25, 0.3) is 0 Å². The number of rotatable bonds is 0. The van der Waals surface area contributed by atoms with Gasteiger partial charge in [-0.05, 0) is 79.5 Å². The normalized spacial score (nSPS) is 41.5. The number of phenolic OH excluding ortho intramolecular Hbond substituents is 2. The van der Waals surface area contributed by atoms with Crippen LogP contribution < -0.4 is 0 Å². The van der Waals surface area contributed by atoms with E-state index in [4.69, 9.17) is 6.42 Å². The Labute approximate surface area is 137 Å². The van der Waals surface area contributed by atoms with Gasteiger partial charge in [-0.25, -0.2) is 0 Å². The molecular weight excluding hydrogens is 288 g/mol. The number of terminal acetylenes is 1. The second-order valence-electron chi connectivity index (χ2n) is 7.95. The lowest BCUT2D eigenvalue weighted by molar-refractivity contribution is -0.0647. The van der Waals surface area contributed by atoms with Gasteiger partial charge in [-0.3, -0.25) is 0 Å². The Morgan fingerprint density at radius 2 is 1.87 bits per heavy atom. The van der Waals surface area contributed by atoms with Crippen LogP contribution in [-0.4, -0.2) is 20.9 Å². The van der Waals surface area contributed by atoms with Crippen molar-refractivity contribution in [1.82, 2.24) is 0 Å². The van der Waals surface area contributed by atoms with Gasteiger partial charge in [0.2, 0.25) is 0 Å². The summed E-state index contributed by atoms with van der Waals surface area (Å²) in [5.74, 6) is 4.00. The third-order valence-corrected chi connectivity index (χ3v) is 7.21. The molecule has 0 saturated heterocycles. The monoisotopic (exact) mass is 312 g/mol. The molecule has 2 fully saturated rings. The Morgan fingerprint density at radius 1 is 1.13 bits per heavy atom. The van der Waals surface area contributed by atoms with Crippen molar-refractivity contribution >= 4 is 0 Å². The summed E-state index contributed by atoms with van der Waals surface area (Å²) in [5, 5.41) is 30.6. The first kappa shape index (κ1) is 14.9. The Balaban J connectivity index is 1.74. The molecule has 3 aliphatic carbocycles. The van der Waals surface area contributed by atoms with Gasteiger partial charge in [-0.1, -0.05) is 12.8 Å². The minimum Gasteiger partial charge on any atom is -0.504 e. The maximum absolute atomic E-state index is 10.9. The second-order valence-corrected chi connectivity index (χ2v) is 7.95. The van der Waals surface area contributed by atoms with Gasteiger partial charge >= 0.3 is 0 Å². The molecule has 0 bridgehead atoms. The summed E-state index contributed by atoms with van der Waals surface area (Å²) >= 11 is 0. The Bertz CT molecular complexity index is 704. The fourth-order valence-corrected chi connectivity index (χ4v) is 5.85. The summed E-state index contributed by atoms with van der Waals surface area (Å²) in [7, 11) is 0. The van der Waals surface area contributed by atoms with Crippen LogP contribution in [-0.2, 0) is 6.42 Å². The summed E-state index contributed by atoms with van der Waals surface area (Å²) in [6.07, 6.45) is 11.3. The minimum absolute atomic E-state index is 0.0228. The van der Waals surface area contributed by atoms with Crippen LogP contribution in [0.1, 0.15) is 56.1 Å². The lowest BCUT2D eigenvalue weighted by atomic mass is 9.53. The predicted octanol–water partition coefficient (Wildman–Crippen LogP) is 3.32. The van der Waals surface area contributed by atoms with Crippen molar-refractivity contribution < 1.29 is 15.3 Å². The van der Waals surface area contributed by atoms with Crippen LogP contribution in [0.5, 0.6) is 11.5 Å². The van der Waals surface area contributed by atoms with Crippen LogP contribution >= 0.6 is 0 Å². The lowest BCUT2D eigenvalue weighted by Crippen LogP contribution is -2.50. The maximum atomic E-state index is 10.9. The fraction of sp³-hybridized carbons (Fsp3) is 0.600. The van der Waals surface area contributed by atoms with Gasteiger partial charge < -0.3 is 15.3 Å². The average Bonchev–Trinajstić information content (AvgIpc) is 2.81. The van der Waals surface area contributed by atoms with E-state index in [1.807, 2.05) is 0 Å². The summed E-state index contributed by atoms with van der Waals surface area (Å²) in [6.45, 7) is 2.17. The molecule has 3 N–H and O–H groups in total. The molecule has 0 heterocycles. The summed E-state index contributed by atoms with van der Waals surface area (Å²) < 4.78 is 0. The largest absolute Gasteiger partial charge is 0.504 e. The van der Waals surface area contributed by atoms with Gasteiger partial charge in [0.05, 0.1) is 0 Å². The van der Waals surface area contributed by atoms with Crippen molar-refractivity contribution in [1.29, 1.82) is 0 Å². The standard InChI is InChI=1S/C20H24O3/c1-3-20(23)9-7-16-14-5-4-12-10-17(21)18(22)11-15(12)13(14)6-8-19(16,20)2/h1,10-11,13-14,16,21-23H,4-9H2,2H3/t13-,14+,16+,19+,20-/m0/s1. The number of phenols is 2. The zero-order valence-electron chi connectivity index (χ0n) is 13.5. The molecule has 0 amide bonds. The second kappa shape index (κ2) is 4.68. The third-order valence-electron chi connectivity index (χ3n) is 7.21. The highest BCUT2D eigenvalue weighted by atomic mass is 16.3.